The maximum atomic E-state index is 12.0. The number of hydrogen-bond donors (Lipinski definition) is 0. The van der Waals surface area contributed by atoms with Gasteiger partial charge in [0.25, 0.3) is 0 Å². The van der Waals surface area contributed by atoms with Gasteiger partial charge in [0, 0.05) is 34.4 Å². The van der Waals surface area contributed by atoms with E-state index >= 15 is 0 Å². The Kier molecular flexibility index (Phi) is 10.6. The molecule has 0 spiro atoms. The zero-order valence-corrected chi connectivity index (χ0v) is 24.6. The van der Waals surface area contributed by atoms with Crippen molar-refractivity contribution in [2.75, 3.05) is 26.4 Å². The first kappa shape index (κ1) is 30.3. The molecule has 0 bridgehead atoms. The van der Waals surface area contributed by atoms with E-state index < -0.39 is 0 Å². The highest BCUT2D eigenvalue weighted by Gasteiger charge is 2.22. The second-order valence-electron chi connectivity index (χ2n) is 11.5. The van der Waals surface area contributed by atoms with E-state index in [0.29, 0.717) is 12.8 Å². The molecule has 0 fully saturated rings. The minimum Gasteiger partial charge on any atom is -0.489 e. The Hall–Kier alpha value is -3.28. The van der Waals surface area contributed by atoms with Crippen LogP contribution >= 0.6 is 0 Å². The number of fused-ring (bicyclic) bond motifs is 2. The molecule has 0 aliphatic rings. The Balaban J connectivity index is 1.96. The van der Waals surface area contributed by atoms with E-state index in [1.807, 2.05) is 52.0 Å². The Labute approximate surface area is 233 Å². The van der Waals surface area contributed by atoms with Gasteiger partial charge in [-0.15, -0.1) is 0 Å². The van der Waals surface area contributed by atoms with Gasteiger partial charge in [0.05, 0.1) is 0 Å². The third kappa shape index (κ3) is 8.11. The van der Waals surface area contributed by atoms with Crippen LogP contribution in [0.4, 0.5) is 0 Å². The summed E-state index contributed by atoms with van der Waals surface area (Å²) in [4.78, 5) is 24.0. The van der Waals surface area contributed by atoms with Crippen molar-refractivity contribution in [1.29, 1.82) is 0 Å². The van der Waals surface area contributed by atoms with E-state index in [2.05, 4.69) is 39.0 Å². The molecular weight excluding hydrogens is 492 g/mol. The van der Waals surface area contributed by atoms with E-state index in [1.54, 1.807) is 0 Å². The van der Waals surface area contributed by atoms with Crippen molar-refractivity contribution < 1.29 is 28.5 Å². The average molecular weight is 537 g/mol. The van der Waals surface area contributed by atoms with Crippen molar-refractivity contribution in [3.05, 3.63) is 48.0 Å². The lowest BCUT2D eigenvalue weighted by Crippen LogP contribution is -2.16. The summed E-state index contributed by atoms with van der Waals surface area (Å²) in [5.74, 6) is 1.54. The quantitative estimate of drug-likeness (QED) is 0.120. The first-order valence-corrected chi connectivity index (χ1v) is 14.1. The van der Waals surface area contributed by atoms with Gasteiger partial charge in [-0.2, -0.15) is 0 Å². The smallest absolute Gasteiger partial charge is 0.306 e. The maximum absolute atomic E-state index is 12.0. The summed E-state index contributed by atoms with van der Waals surface area (Å²) in [6.45, 7) is 15.5. The lowest BCUT2D eigenvalue weighted by Gasteiger charge is -2.25. The first-order chi connectivity index (χ1) is 18.5. The fraction of sp³-hybridized carbons (Fsp3) is 0.515. The maximum Gasteiger partial charge on any atom is 0.306 e. The van der Waals surface area contributed by atoms with Crippen molar-refractivity contribution in [3.8, 4) is 11.5 Å². The summed E-state index contributed by atoms with van der Waals surface area (Å²) in [5, 5.41) is 3.68. The Morgan fingerprint density at radius 3 is 1.62 bits per heavy atom. The molecule has 0 saturated carbocycles. The highest BCUT2D eigenvalue weighted by Crippen LogP contribution is 2.44. The number of rotatable bonds is 14. The monoisotopic (exact) mass is 536 g/mol. The second kappa shape index (κ2) is 13.7. The molecule has 39 heavy (non-hydrogen) atoms. The topological polar surface area (TPSA) is 71.1 Å². The fourth-order valence-electron chi connectivity index (χ4n) is 4.42. The van der Waals surface area contributed by atoms with Crippen LogP contribution in [0.2, 0.25) is 0 Å². The van der Waals surface area contributed by atoms with Crippen LogP contribution in [0.15, 0.2) is 42.5 Å². The number of esters is 2. The number of hydrogen-bond acceptors (Lipinski definition) is 6. The largest absolute Gasteiger partial charge is 0.489 e. The van der Waals surface area contributed by atoms with Crippen LogP contribution < -0.4 is 9.47 Å². The third-order valence-electron chi connectivity index (χ3n) is 6.93. The van der Waals surface area contributed by atoms with Crippen molar-refractivity contribution >= 4 is 33.5 Å². The van der Waals surface area contributed by atoms with E-state index in [4.69, 9.17) is 18.9 Å². The normalized spacial score (nSPS) is 11.8. The van der Waals surface area contributed by atoms with Gasteiger partial charge in [0.1, 0.15) is 37.9 Å². The Bertz CT molecular complexity index is 1270. The van der Waals surface area contributed by atoms with Crippen LogP contribution in [-0.2, 0) is 24.5 Å². The Morgan fingerprint density at radius 2 is 1.15 bits per heavy atom. The molecule has 6 nitrogen and oxygen atoms in total. The van der Waals surface area contributed by atoms with Crippen LogP contribution in [0.5, 0.6) is 11.5 Å². The highest BCUT2D eigenvalue weighted by atomic mass is 16.6. The zero-order valence-electron chi connectivity index (χ0n) is 24.6. The minimum atomic E-state index is -0.215. The fourth-order valence-corrected chi connectivity index (χ4v) is 4.42. The van der Waals surface area contributed by atoms with Crippen molar-refractivity contribution in [3.63, 3.8) is 0 Å². The van der Waals surface area contributed by atoms with Gasteiger partial charge in [-0.3, -0.25) is 9.59 Å². The van der Waals surface area contributed by atoms with Crippen molar-refractivity contribution in [2.45, 2.75) is 73.1 Å². The number of carbonyl (C=O) groups excluding carboxylic acids is 2. The van der Waals surface area contributed by atoms with Gasteiger partial charge >= 0.3 is 11.9 Å². The summed E-state index contributed by atoms with van der Waals surface area (Å²) in [5.41, 5.74) is 1.18. The Morgan fingerprint density at radius 1 is 0.692 bits per heavy atom. The standard InChI is InChI=1S/C33H44O6/c1-8-33(6,7)24-13-14-27-28(21-24)32(39-18-16-37-30(35)20-23(4)5)26-12-10-9-11-25(26)31(27)38-17-15-36-29(34)19-22(2)3/h9-14,21-23H,8,15-20H2,1-7H3. The molecule has 0 N–H and O–H groups in total. The molecule has 3 aromatic rings. The molecule has 3 rings (SSSR count). The predicted octanol–water partition coefficient (Wildman–Crippen LogP) is 7.62. The molecule has 0 unspecified atom stereocenters. The molecule has 0 aliphatic carbocycles. The van der Waals surface area contributed by atoms with Gasteiger partial charge in [-0.25, -0.2) is 0 Å². The zero-order chi connectivity index (χ0) is 28.6. The molecule has 0 saturated heterocycles. The minimum absolute atomic E-state index is 0.0187. The average Bonchev–Trinajstić information content (AvgIpc) is 2.88. The predicted molar refractivity (Wildman–Crippen MR) is 157 cm³/mol. The van der Waals surface area contributed by atoms with Crippen LogP contribution in [0.3, 0.4) is 0 Å². The van der Waals surface area contributed by atoms with Gasteiger partial charge in [0.15, 0.2) is 0 Å². The molecule has 0 aromatic heterocycles. The summed E-state index contributed by atoms with van der Waals surface area (Å²) in [6, 6.07) is 14.4. The summed E-state index contributed by atoms with van der Waals surface area (Å²) >= 11 is 0. The molecule has 0 heterocycles. The highest BCUT2D eigenvalue weighted by molar-refractivity contribution is 6.11. The third-order valence-corrected chi connectivity index (χ3v) is 6.93. The molecule has 212 valence electrons. The summed E-state index contributed by atoms with van der Waals surface area (Å²) < 4.78 is 23.4. The number of carbonyl (C=O) groups is 2. The van der Waals surface area contributed by atoms with Gasteiger partial charge in [-0.1, -0.05) is 84.9 Å². The second-order valence-corrected chi connectivity index (χ2v) is 11.5. The molecule has 0 atom stereocenters. The van der Waals surface area contributed by atoms with Crippen LogP contribution in [0.25, 0.3) is 21.5 Å². The van der Waals surface area contributed by atoms with Crippen molar-refractivity contribution in [1.82, 2.24) is 0 Å². The lowest BCUT2D eigenvalue weighted by atomic mass is 9.81. The summed E-state index contributed by atoms with van der Waals surface area (Å²) in [7, 11) is 0. The molecule has 6 heteroatoms. The molecule has 0 amide bonds. The lowest BCUT2D eigenvalue weighted by molar-refractivity contribution is -0.146. The van der Waals surface area contributed by atoms with E-state index in [9.17, 15) is 9.59 Å². The molecule has 0 radical (unpaired) electrons. The SMILES string of the molecule is CCC(C)(C)c1ccc2c(OCCOC(=O)CC(C)C)c3ccccc3c(OCCOC(=O)CC(C)C)c2c1. The van der Waals surface area contributed by atoms with Gasteiger partial charge in [-0.05, 0) is 35.3 Å². The van der Waals surface area contributed by atoms with Crippen LogP contribution in [-0.4, -0.2) is 38.4 Å². The molecule has 3 aromatic carbocycles. The van der Waals surface area contributed by atoms with E-state index in [-0.39, 0.29) is 55.6 Å². The van der Waals surface area contributed by atoms with Crippen LogP contribution in [0, 0.1) is 11.8 Å². The van der Waals surface area contributed by atoms with Gasteiger partial charge < -0.3 is 18.9 Å². The number of ether oxygens (including phenoxy) is 4. The van der Waals surface area contributed by atoms with Crippen molar-refractivity contribution in [2.24, 2.45) is 11.8 Å². The summed E-state index contributed by atoms with van der Waals surface area (Å²) in [6.07, 6.45) is 1.76. The first-order valence-electron chi connectivity index (χ1n) is 14.1. The van der Waals surface area contributed by atoms with Crippen LogP contribution in [0.1, 0.15) is 73.3 Å². The molecule has 0 aliphatic heterocycles. The molecular formula is C33H44O6. The van der Waals surface area contributed by atoms with E-state index in [0.717, 1.165) is 39.5 Å². The van der Waals surface area contributed by atoms with Gasteiger partial charge in [0.2, 0.25) is 0 Å². The van der Waals surface area contributed by atoms with E-state index in [1.165, 1.54) is 5.56 Å². The number of benzene rings is 3.